The summed E-state index contributed by atoms with van der Waals surface area (Å²) in [6.45, 7) is 8.70. The molecule has 0 aromatic carbocycles. The number of piperidine rings is 1. The Hall–Kier alpha value is -0.870. The van der Waals surface area contributed by atoms with Crippen molar-refractivity contribution in [2.75, 3.05) is 19.6 Å². The third kappa shape index (κ3) is 3.82. The Morgan fingerprint density at radius 3 is 2.82 bits per heavy atom. The summed E-state index contributed by atoms with van der Waals surface area (Å²) < 4.78 is 5.06. The van der Waals surface area contributed by atoms with Crippen LogP contribution in [-0.2, 0) is 6.54 Å². The molecule has 4 heteroatoms. The zero-order valence-corrected chi connectivity index (χ0v) is 10.9. The number of nitrogens with zero attached hydrogens (tertiary/aromatic N) is 2. The molecular weight excluding hydrogens is 214 g/mol. The molecule has 0 bridgehead atoms. The molecule has 1 aromatic rings. The van der Waals surface area contributed by atoms with Crippen LogP contribution in [0.25, 0.3) is 0 Å². The van der Waals surface area contributed by atoms with Gasteiger partial charge in [-0.1, -0.05) is 12.1 Å². The van der Waals surface area contributed by atoms with E-state index < -0.39 is 0 Å². The summed E-state index contributed by atoms with van der Waals surface area (Å²) in [6, 6.07) is 2.64. The van der Waals surface area contributed by atoms with Crippen molar-refractivity contribution < 1.29 is 4.52 Å². The van der Waals surface area contributed by atoms with Crippen LogP contribution in [0.1, 0.15) is 37.6 Å². The predicted octanol–water partition coefficient (Wildman–Crippen LogP) is 1.95. The third-order valence-corrected chi connectivity index (χ3v) is 3.38. The van der Waals surface area contributed by atoms with Crippen LogP contribution in [0.4, 0.5) is 0 Å². The minimum Gasteiger partial charge on any atom is -0.361 e. The van der Waals surface area contributed by atoms with E-state index in [9.17, 15) is 0 Å². The van der Waals surface area contributed by atoms with Crippen molar-refractivity contribution >= 4 is 0 Å². The van der Waals surface area contributed by atoms with Gasteiger partial charge in [0.2, 0.25) is 0 Å². The van der Waals surface area contributed by atoms with Gasteiger partial charge in [-0.15, -0.1) is 0 Å². The van der Waals surface area contributed by atoms with Gasteiger partial charge < -0.3 is 14.7 Å². The normalized spacial score (nSPS) is 18.7. The maximum Gasteiger partial charge on any atom is 0.133 e. The van der Waals surface area contributed by atoms with E-state index in [1.807, 2.05) is 13.0 Å². The van der Waals surface area contributed by atoms with Gasteiger partial charge in [-0.2, -0.15) is 0 Å². The second-order valence-electron chi connectivity index (χ2n) is 4.93. The smallest absolute Gasteiger partial charge is 0.133 e. The Balaban J connectivity index is 1.68. The van der Waals surface area contributed by atoms with E-state index in [0.29, 0.717) is 6.04 Å². The first-order valence-electron chi connectivity index (χ1n) is 6.66. The first kappa shape index (κ1) is 12.6. The summed E-state index contributed by atoms with van der Waals surface area (Å²) in [5.41, 5.74) is 1.01. The number of hydrogen-bond acceptors (Lipinski definition) is 4. The number of rotatable bonds is 5. The molecule has 1 saturated heterocycles. The molecule has 96 valence electrons. The number of aryl methyl sites for hydroxylation is 1. The lowest BCUT2D eigenvalue weighted by molar-refractivity contribution is 0.197. The van der Waals surface area contributed by atoms with Crippen molar-refractivity contribution in [1.29, 1.82) is 0 Å². The lowest BCUT2D eigenvalue weighted by Gasteiger charge is -2.32. The summed E-state index contributed by atoms with van der Waals surface area (Å²) in [5.74, 6) is 0.888. The number of hydrogen-bond donors (Lipinski definition) is 1. The minimum absolute atomic E-state index is 0.639. The Kier molecular flexibility index (Phi) is 4.57. The molecule has 0 saturated carbocycles. The molecule has 0 aliphatic carbocycles. The van der Waals surface area contributed by atoms with E-state index in [1.54, 1.807) is 0 Å². The molecule has 1 fully saturated rings. The number of aromatic nitrogens is 1. The highest BCUT2D eigenvalue weighted by molar-refractivity contribution is 5.03. The van der Waals surface area contributed by atoms with Crippen molar-refractivity contribution in [1.82, 2.24) is 15.4 Å². The molecule has 1 aliphatic rings. The van der Waals surface area contributed by atoms with Gasteiger partial charge in [-0.25, -0.2) is 0 Å². The maximum absolute atomic E-state index is 5.06. The number of likely N-dealkylation sites (tertiary alicyclic amines) is 1. The molecule has 0 radical (unpaired) electrons. The molecule has 1 aliphatic heterocycles. The molecule has 1 aromatic heterocycles. The molecule has 17 heavy (non-hydrogen) atoms. The fraction of sp³-hybridized carbons (Fsp3) is 0.769. The highest BCUT2D eigenvalue weighted by atomic mass is 16.5. The van der Waals surface area contributed by atoms with E-state index in [1.165, 1.54) is 38.9 Å². The standard InChI is InChI=1S/C13H23N3O/c1-3-6-16-7-4-12(5-8-16)14-10-13-9-11(2)17-15-13/h9,12,14H,3-8,10H2,1-2H3. The van der Waals surface area contributed by atoms with Crippen molar-refractivity contribution in [2.24, 2.45) is 0 Å². The SMILES string of the molecule is CCCN1CCC(NCc2cc(C)on2)CC1. The van der Waals surface area contributed by atoms with E-state index in [0.717, 1.165) is 18.0 Å². The quantitative estimate of drug-likeness (QED) is 0.850. The fourth-order valence-electron chi connectivity index (χ4n) is 2.43. The first-order chi connectivity index (χ1) is 8.28. The summed E-state index contributed by atoms with van der Waals surface area (Å²) in [6.07, 6.45) is 3.75. The van der Waals surface area contributed by atoms with Gasteiger partial charge in [0, 0.05) is 18.7 Å². The van der Waals surface area contributed by atoms with Crippen LogP contribution < -0.4 is 5.32 Å². The van der Waals surface area contributed by atoms with E-state index in [4.69, 9.17) is 4.52 Å². The second-order valence-corrected chi connectivity index (χ2v) is 4.93. The molecule has 0 spiro atoms. The van der Waals surface area contributed by atoms with E-state index >= 15 is 0 Å². The fourth-order valence-corrected chi connectivity index (χ4v) is 2.43. The lowest BCUT2D eigenvalue weighted by atomic mass is 10.0. The van der Waals surface area contributed by atoms with Crippen LogP contribution in [-0.4, -0.2) is 35.7 Å². The summed E-state index contributed by atoms with van der Waals surface area (Å²) in [7, 11) is 0. The molecule has 2 heterocycles. The average Bonchev–Trinajstić information content (AvgIpc) is 2.75. The van der Waals surface area contributed by atoms with Crippen molar-refractivity contribution in [3.05, 3.63) is 17.5 Å². The van der Waals surface area contributed by atoms with Gasteiger partial charge in [0.1, 0.15) is 5.76 Å². The van der Waals surface area contributed by atoms with Crippen molar-refractivity contribution in [2.45, 2.75) is 45.7 Å². The zero-order chi connectivity index (χ0) is 12.1. The highest BCUT2D eigenvalue weighted by Crippen LogP contribution is 2.11. The third-order valence-electron chi connectivity index (χ3n) is 3.38. The maximum atomic E-state index is 5.06. The minimum atomic E-state index is 0.639. The predicted molar refractivity (Wildman–Crippen MR) is 67.8 cm³/mol. The molecule has 2 rings (SSSR count). The van der Waals surface area contributed by atoms with Gasteiger partial charge in [-0.3, -0.25) is 0 Å². The Morgan fingerprint density at radius 1 is 1.47 bits per heavy atom. The largest absolute Gasteiger partial charge is 0.361 e. The van der Waals surface area contributed by atoms with Crippen LogP contribution >= 0.6 is 0 Å². The van der Waals surface area contributed by atoms with Crippen LogP contribution in [0.3, 0.4) is 0 Å². The molecule has 0 amide bonds. The van der Waals surface area contributed by atoms with Crippen LogP contribution in [0.15, 0.2) is 10.6 Å². The molecular formula is C13H23N3O. The van der Waals surface area contributed by atoms with E-state index in [-0.39, 0.29) is 0 Å². The van der Waals surface area contributed by atoms with Crippen molar-refractivity contribution in [3.8, 4) is 0 Å². The van der Waals surface area contributed by atoms with Gasteiger partial charge in [0.25, 0.3) is 0 Å². The molecule has 0 atom stereocenters. The van der Waals surface area contributed by atoms with Crippen LogP contribution in [0.5, 0.6) is 0 Å². The molecule has 0 unspecified atom stereocenters. The number of nitrogens with one attached hydrogen (secondary N) is 1. The summed E-state index contributed by atoms with van der Waals surface area (Å²) in [5, 5.41) is 7.56. The topological polar surface area (TPSA) is 41.3 Å². The van der Waals surface area contributed by atoms with Crippen LogP contribution in [0, 0.1) is 6.92 Å². The lowest BCUT2D eigenvalue weighted by Crippen LogP contribution is -2.42. The van der Waals surface area contributed by atoms with E-state index in [2.05, 4.69) is 22.3 Å². The average molecular weight is 237 g/mol. The van der Waals surface area contributed by atoms with Gasteiger partial charge >= 0.3 is 0 Å². The van der Waals surface area contributed by atoms with Crippen LogP contribution in [0.2, 0.25) is 0 Å². The Bertz CT molecular complexity index is 329. The Labute approximate surface area is 103 Å². The first-order valence-corrected chi connectivity index (χ1v) is 6.66. The van der Waals surface area contributed by atoms with Gasteiger partial charge in [0.15, 0.2) is 0 Å². The Morgan fingerprint density at radius 2 is 2.24 bits per heavy atom. The summed E-state index contributed by atoms with van der Waals surface area (Å²) >= 11 is 0. The second kappa shape index (κ2) is 6.17. The zero-order valence-electron chi connectivity index (χ0n) is 10.9. The molecule has 1 N–H and O–H groups in total. The monoisotopic (exact) mass is 237 g/mol. The summed E-state index contributed by atoms with van der Waals surface area (Å²) in [4.78, 5) is 2.55. The highest BCUT2D eigenvalue weighted by Gasteiger charge is 2.18. The van der Waals surface area contributed by atoms with Gasteiger partial charge in [-0.05, 0) is 45.8 Å². The van der Waals surface area contributed by atoms with Gasteiger partial charge in [0.05, 0.1) is 5.69 Å². The van der Waals surface area contributed by atoms with Crippen molar-refractivity contribution in [3.63, 3.8) is 0 Å². The molecule has 4 nitrogen and oxygen atoms in total.